The first-order valence-corrected chi connectivity index (χ1v) is 9.72. The van der Waals surface area contributed by atoms with Crippen molar-refractivity contribution in [1.82, 2.24) is 9.62 Å². The van der Waals surface area contributed by atoms with E-state index in [-0.39, 0.29) is 18.0 Å². The van der Waals surface area contributed by atoms with E-state index in [9.17, 15) is 17.0 Å². The Labute approximate surface area is 127 Å². The lowest BCUT2D eigenvalue weighted by molar-refractivity contribution is 0.437. The summed E-state index contributed by atoms with van der Waals surface area (Å²) < 4.78 is 51.4. The molecule has 1 N–H and O–H groups in total. The fourth-order valence-electron chi connectivity index (χ4n) is 2.17. The van der Waals surface area contributed by atoms with Crippen LogP contribution in [-0.4, -0.2) is 48.1 Å². The van der Waals surface area contributed by atoms with Crippen molar-refractivity contribution in [3.05, 3.63) is 29.6 Å². The molecule has 1 fully saturated rings. The van der Waals surface area contributed by atoms with Crippen LogP contribution in [0.1, 0.15) is 12.5 Å². The maximum absolute atomic E-state index is 13.5. The van der Waals surface area contributed by atoms with Gasteiger partial charge in [-0.25, -0.2) is 12.8 Å². The molecule has 1 aliphatic heterocycles. The van der Waals surface area contributed by atoms with Crippen LogP contribution in [0.25, 0.3) is 0 Å². The molecule has 0 saturated carbocycles. The normalized spacial score (nSPS) is 18.0. The molecule has 0 aromatic heterocycles. The minimum Gasteiger partial charge on any atom is -0.313 e. The molecule has 0 aliphatic carbocycles. The largest absolute Gasteiger partial charge is 0.313 e. The van der Waals surface area contributed by atoms with Crippen LogP contribution in [0.5, 0.6) is 0 Å². The summed E-state index contributed by atoms with van der Waals surface area (Å²) in [5.41, 5.74) is 0.546. The first-order valence-electron chi connectivity index (χ1n) is 6.79. The number of rotatable bonds is 5. The molecular weight excluding hydrogens is 315 g/mol. The number of nitrogens with zero attached hydrogens (tertiary/aromatic N) is 1. The van der Waals surface area contributed by atoms with E-state index in [1.54, 1.807) is 0 Å². The number of halogens is 1. The third kappa shape index (κ3) is 3.88. The Morgan fingerprint density at radius 3 is 2.62 bits per heavy atom. The van der Waals surface area contributed by atoms with Crippen molar-refractivity contribution in [3.63, 3.8) is 0 Å². The minimum absolute atomic E-state index is 0.00358. The van der Waals surface area contributed by atoms with Crippen molar-refractivity contribution in [1.29, 1.82) is 0 Å². The molecule has 1 aliphatic rings. The first-order chi connectivity index (χ1) is 9.95. The van der Waals surface area contributed by atoms with Gasteiger partial charge in [-0.15, -0.1) is 0 Å². The maximum atomic E-state index is 13.5. The van der Waals surface area contributed by atoms with Crippen molar-refractivity contribution in [2.75, 3.05) is 31.1 Å². The minimum atomic E-state index is -3.75. The average Bonchev–Trinajstić information content (AvgIpc) is 2.46. The summed E-state index contributed by atoms with van der Waals surface area (Å²) in [5, 5.41) is 3.05. The van der Waals surface area contributed by atoms with Gasteiger partial charge in [0, 0.05) is 41.9 Å². The fourth-order valence-corrected chi connectivity index (χ4v) is 5.13. The van der Waals surface area contributed by atoms with Crippen LogP contribution in [0.4, 0.5) is 4.39 Å². The molecule has 1 heterocycles. The maximum Gasteiger partial charge on any atom is 0.243 e. The number of hydrogen-bond donors (Lipinski definition) is 1. The highest BCUT2D eigenvalue weighted by atomic mass is 32.2. The summed E-state index contributed by atoms with van der Waals surface area (Å²) in [5.74, 6) is 0.0863. The van der Waals surface area contributed by atoms with Crippen molar-refractivity contribution < 1.29 is 17.0 Å². The third-order valence-corrected chi connectivity index (χ3v) is 6.61. The summed E-state index contributed by atoms with van der Waals surface area (Å²) in [7, 11) is -4.71. The number of hydrogen-bond acceptors (Lipinski definition) is 4. The van der Waals surface area contributed by atoms with Crippen LogP contribution in [0.15, 0.2) is 23.1 Å². The van der Waals surface area contributed by atoms with Crippen LogP contribution in [0.2, 0.25) is 0 Å². The molecule has 8 heteroatoms. The van der Waals surface area contributed by atoms with Gasteiger partial charge in [0.15, 0.2) is 0 Å². The zero-order valence-electron chi connectivity index (χ0n) is 11.8. The highest BCUT2D eigenvalue weighted by molar-refractivity contribution is 7.89. The van der Waals surface area contributed by atoms with Crippen molar-refractivity contribution >= 4 is 20.8 Å². The SMILES string of the molecule is CCNCc1ccc(F)cc1S(=O)(=O)N1CCS(=O)CC1. The van der Waals surface area contributed by atoms with Gasteiger partial charge in [0.25, 0.3) is 0 Å². The summed E-state index contributed by atoms with van der Waals surface area (Å²) in [4.78, 5) is -0.00358. The van der Waals surface area contributed by atoms with Gasteiger partial charge in [-0.05, 0) is 24.2 Å². The molecule has 0 spiro atoms. The molecule has 0 amide bonds. The predicted octanol–water partition coefficient (Wildman–Crippen LogP) is 0.688. The Balaban J connectivity index is 2.34. The zero-order valence-corrected chi connectivity index (χ0v) is 13.5. The van der Waals surface area contributed by atoms with Gasteiger partial charge >= 0.3 is 0 Å². The van der Waals surface area contributed by atoms with E-state index >= 15 is 0 Å². The highest BCUT2D eigenvalue weighted by Crippen LogP contribution is 2.22. The fraction of sp³-hybridized carbons (Fsp3) is 0.538. The number of nitrogens with one attached hydrogen (secondary N) is 1. The van der Waals surface area contributed by atoms with E-state index in [4.69, 9.17) is 0 Å². The standard InChI is InChI=1S/C13H19FN2O3S2/c1-2-15-10-11-3-4-12(14)9-13(11)21(18,19)16-5-7-20(17)8-6-16/h3-4,9,15H,2,5-8,10H2,1H3. The predicted molar refractivity (Wildman–Crippen MR) is 80.4 cm³/mol. The van der Waals surface area contributed by atoms with E-state index in [1.807, 2.05) is 6.92 Å². The Morgan fingerprint density at radius 1 is 1.33 bits per heavy atom. The van der Waals surface area contributed by atoms with Crippen LogP contribution in [0, 0.1) is 5.82 Å². The molecule has 0 atom stereocenters. The van der Waals surface area contributed by atoms with E-state index < -0.39 is 26.6 Å². The van der Waals surface area contributed by atoms with E-state index in [1.165, 1.54) is 16.4 Å². The molecule has 0 bridgehead atoms. The van der Waals surface area contributed by atoms with Crippen molar-refractivity contribution in [2.24, 2.45) is 0 Å². The van der Waals surface area contributed by atoms with Crippen molar-refractivity contribution in [2.45, 2.75) is 18.4 Å². The van der Waals surface area contributed by atoms with Crippen molar-refractivity contribution in [3.8, 4) is 0 Å². The molecule has 21 heavy (non-hydrogen) atoms. The number of benzene rings is 1. The van der Waals surface area contributed by atoms with Gasteiger partial charge in [0.05, 0.1) is 4.90 Å². The van der Waals surface area contributed by atoms with E-state index in [0.717, 1.165) is 6.07 Å². The van der Waals surface area contributed by atoms with Gasteiger partial charge < -0.3 is 5.32 Å². The lowest BCUT2D eigenvalue weighted by atomic mass is 10.2. The lowest BCUT2D eigenvalue weighted by Crippen LogP contribution is -2.42. The van der Waals surface area contributed by atoms with Gasteiger partial charge in [-0.3, -0.25) is 4.21 Å². The molecule has 1 aromatic rings. The zero-order chi connectivity index (χ0) is 15.5. The molecule has 0 unspecified atom stereocenters. The Kier molecular flexibility index (Phi) is 5.48. The lowest BCUT2D eigenvalue weighted by Gasteiger charge is -2.26. The Bertz CT molecular complexity index is 624. The smallest absolute Gasteiger partial charge is 0.243 e. The summed E-state index contributed by atoms with van der Waals surface area (Å²) in [6.45, 7) is 3.40. The average molecular weight is 334 g/mol. The van der Waals surface area contributed by atoms with Gasteiger partial charge in [0.2, 0.25) is 10.0 Å². The molecule has 1 aromatic carbocycles. The quantitative estimate of drug-likeness (QED) is 0.860. The highest BCUT2D eigenvalue weighted by Gasteiger charge is 2.30. The third-order valence-electron chi connectivity index (χ3n) is 3.35. The summed E-state index contributed by atoms with van der Waals surface area (Å²) in [6.07, 6.45) is 0. The van der Waals surface area contributed by atoms with Crippen LogP contribution in [-0.2, 0) is 27.4 Å². The van der Waals surface area contributed by atoms with Crippen LogP contribution >= 0.6 is 0 Å². The summed E-state index contributed by atoms with van der Waals surface area (Å²) in [6, 6.07) is 3.82. The number of sulfonamides is 1. The molecule has 118 valence electrons. The molecule has 0 radical (unpaired) electrons. The second-order valence-electron chi connectivity index (χ2n) is 4.78. The topological polar surface area (TPSA) is 66.5 Å². The Hall–Kier alpha value is -0.830. The Morgan fingerprint density at radius 2 is 2.00 bits per heavy atom. The van der Waals surface area contributed by atoms with Gasteiger partial charge in [-0.1, -0.05) is 13.0 Å². The van der Waals surface area contributed by atoms with Crippen LogP contribution < -0.4 is 5.32 Å². The van der Waals surface area contributed by atoms with Gasteiger partial charge in [-0.2, -0.15) is 4.31 Å². The van der Waals surface area contributed by atoms with E-state index in [2.05, 4.69) is 5.32 Å². The molecule has 2 rings (SSSR count). The molecule has 1 saturated heterocycles. The molecular formula is C13H19FN2O3S2. The molecule has 5 nitrogen and oxygen atoms in total. The van der Waals surface area contributed by atoms with Gasteiger partial charge in [0.1, 0.15) is 5.82 Å². The monoisotopic (exact) mass is 334 g/mol. The second kappa shape index (κ2) is 6.95. The first kappa shape index (κ1) is 16.5. The second-order valence-corrected chi connectivity index (χ2v) is 8.39. The van der Waals surface area contributed by atoms with E-state index in [0.29, 0.717) is 30.2 Å². The summed E-state index contributed by atoms with van der Waals surface area (Å²) >= 11 is 0. The van der Waals surface area contributed by atoms with Crippen LogP contribution in [0.3, 0.4) is 0 Å².